The first-order valence-corrected chi connectivity index (χ1v) is 8.69. The highest BCUT2D eigenvalue weighted by molar-refractivity contribution is 7.89. The Morgan fingerprint density at radius 2 is 1.83 bits per heavy atom. The van der Waals surface area contributed by atoms with E-state index in [1.165, 1.54) is 50.6 Å². The minimum Gasteiger partial charge on any atom is -0.497 e. The lowest BCUT2D eigenvalue weighted by atomic mass is 10.1. The summed E-state index contributed by atoms with van der Waals surface area (Å²) in [6.45, 7) is 0. The lowest BCUT2D eigenvalue weighted by Gasteiger charge is -2.17. The van der Waals surface area contributed by atoms with E-state index in [0.717, 1.165) is 0 Å². The van der Waals surface area contributed by atoms with Gasteiger partial charge in [0.2, 0.25) is 5.91 Å². The minimum absolute atomic E-state index is 0.00454. The van der Waals surface area contributed by atoms with Gasteiger partial charge in [-0.1, -0.05) is 12.1 Å². The Kier molecular flexibility index (Phi) is 5.56. The molecule has 0 bridgehead atoms. The summed E-state index contributed by atoms with van der Waals surface area (Å²) in [6.07, 6.45) is 0.231. The van der Waals surface area contributed by atoms with E-state index in [1.807, 2.05) is 0 Å². The Morgan fingerprint density at radius 3 is 2.42 bits per heavy atom. The second-order valence-electron chi connectivity index (χ2n) is 5.17. The Bertz CT molecular complexity index is 819. The van der Waals surface area contributed by atoms with Crippen LogP contribution in [0.15, 0.2) is 53.4 Å². The molecule has 0 aromatic heterocycles. The van der Waals surface area contributed by atoms with E-state index in [4.69, 9.17) is 4.74 Å². The van der Waals surface area contributed by atoms with Crippen molar-refractivity contribution in [3.05, 3.63) is 59.9 Å². The van der Waals surface area contributed by atoms with Crippen molar-refractivity contribution < 1.29 is 22.3 Å². The predicted octanol–water partition coefficient (Wildman–Crippen LogP) is 2.61. The van der Waals surface area contributed by atoms with Crippen LogP contribution < -0.4 is 4.74 Å². The van der Waals surface area contributed by atoms with Crippen LogP contribution in [0.2, 0.25) is 0 Å². The van der Waals surface area contributed by atoms with Gasteiger partial charge in [0, 0.05) is 13.5 Å². The number of halogens is 1. The SMILES string of the molecule is COc1ccc(S(=O)(=O)N(C)C(=O)CCc2cccc(F)c2)cc1. The Labute approximate surface area is 140 Å². The lowest BCUT2D eigenvalue weighted by Crippen LogP contribution is -2.33. The first-order chi connectivity index (χ1) is 11.3. The number of hydrogen-bond acceptors (Lipinski definition) is 4. The zero-order valence-electron chi connectivity index (χ0n) is 13.4. The van der Waals surface area contributed by atoms with E-state index < -0.39 is 15.9 Å². The van der Waals surface area contributed by atoms with Gasteiger partial charge in [0.05, 0.1) is 12.0 Å². The van der Waals surface area contributed by atoms with Crippen molar-refractivity contribution >= 4 is 15.9 Å². The second-order valence-corrected chi connectivity index (χ2v) is 7.14. The summed E-state index contributed by atoms with van der Waals surface area (Å²) in [5.74, 6) is -0.428. The Hall–Kier alpha value is -2.41. The molecule has 0 saturated carbocycles. The van der Waals surface area contributed by atoms with E-state index >= 15 is 0 Å². The largest absolute Gasteiger partial charge is 0.497 e. The van der Waals surface area contributed by atoms with Crippen molar-refractivity contribution in [2.45, 2.75) is 17.7 Å². The number of ether oxygens (including phenoxy) is 1. The normalized spacial score (nSPS) is 11.1. The maximum absolute atomic E-state index is 13.1. The zero-order chi connectivity index (χ0) is 17.7. The summed E-state index contributed by atoms with van der Waals surface area (Å²) in [7, 11) is -1.23. The van der Waals surface area contributed by atoms with Crippen molar-refractivity contribution in [2.24, 2.45) is 0 Å². The molecule has 0 N–H and O–H groups in total. The van der Waals surface area contributed by atoms with E-state index in [9.17, 15) is 17.6 Å². The summed E-state index contributed by atoms with van der Waals surface area (Å²) in [6, 6.07) is 11.7. The predicted molar refractivity (Wildman–Crippen MR) is 87.7 cm³/mol. The van der Waals surface area contributed by atoms with Gasteiger partial charge < -0.3 is 4.74 Å². The molecule has 0 radical (unpaired) electrons. The average molecular weight is 351 g/mol. The van der Waals surface area contributed by atoms with Gasteiger partial charge in [0.1, 0.15) is 11.6 Å². The van der Waals surface area contributed by atoms with Crippen molar-refractivity contribution in [1.29, 1.82) is 0 Å². The van der Waals surface area contributed by atoms with Gasteiger partial charge in [-0.15, -0.1) is 0 Å². The number of sulfonamides is 1. The van der Waals surface area contributed by atoms with Crippen LogP contribution >= 0.6 is 0 Å². The van der Waals surface area contributed by atoms with Gasteiger partial charge in [-0.2, -0.15) is 0 Å². The van der Waals surface area contributed by atoms with Crippen molar-refractivity contribution in [2.75, 3.05) is 14.2 Å². The highest BCUT2D eigenvalue weighted by atomic mass is 32.2. The average Bonchev–Trinajstić information content (AvgIpc) is 2.59. The summed E-state index contributed by atoms with van der Waals surface area (Å²) < 4.78 is 43.7. The molecule has 0 aliphatic rings. The van der Waals surface area contributed by atoms with Gasteiger partial charge in [0.15, 0.2) is 0 Å². The molecule has 0 unspecified atom stereocenters. The lowest BCUT2D eigenvalue weighted by molar-refractivity contribution is -0.125. The number of hydrogen-bond donors (Lipinski definition) is 0. The smallest absolute Gasteiger partial charge is 0.266 e. The van der Waals surface area contributed by atoms with Crippen LogP contribution in [0, 0.1) is 5.82 Å². The number of methoxy groups -OCH3 is 1. The first-order valence-electron chi connectivity index (χ1n) is 7.25. The van der Waals surface area contributed by atoms with E-state index in [1.54, 1.807) is 12.1 Å². The number of rotatable bonds is 6. The van der Waals surface area contributed by atoms with Gasteiger partial charge in [-0.05, 0) is 48.4 Å². The topological polar surface area (TPSA) is 63.7 Å². The monoisotopic (exact) mass is 351 g/mol. The molecule has 2 rings (SSSR count). The molecule has 2 aromatic rings. The highest BCUT2D eigenvalue weighted by Gasteiger charge is 2.25. The molecule has 24 heavy (non-hydrogen) atoms. The van der Waals surface area contributed by atoms with E-state index in [2.05, 4.69) is 0 Å². The fourth-order valence-electron chi connectivity index (χ4n) is 2.14. The molecule has 0 spiro atoms. The van der Waals surface area contributed by atoms with Crippen LogP contribution in [0.1, 0.15) is 12.0 Å². The maximum atomic E-state index is 13.1. The van der Waals surface area contributed by atoms with E-state index in [-0.39, 0.29) is 23.6 Å². The molecule has 5 nitrogen and oxygen atoms in total. The number of benzene rings is 2. The summed E-state index contributed by atoms with van der Waals surface area (Å²) in [4.78, 5) is 12.2. The Balaban J connectivity index is 2.07. The fraction of sp³-hybridized carbons (Fsp3) is 0.235. The van der Waals surface area contributed by atoms with Crippen molar-refractivity contribution in [3.8, 4) is 5.75 Å². The molecule has 0 aliphatic carbocycles. The van der Waals surface area contributed by atoms with E-state index in [0.29, 0.717) is 15.6 Å². The Morgan fingerprint density at radius 1 is 1.17 bits per heavy atom. The van der Waals surface area contributed by atoms with Crippen molar-refractivity contribution in [1.82, 2.24) is 4.31 Å². The molecule has 7 heteroatoms. The molecule has 0 saturated heterocycles. The van der Waals surface area contributed by atoms with Crippen LogP contribution in [0.3, 0.4) is 0 Å². The van der Waals surface area contributed by atoms with Crippen LogP contribution in [0.5, 0.6) is 5.75 Å². The molecule has 0 heterocycles. The zero-order valence-corrected chi connectivity index (χ0v) is 14.2. The quantitative estimate of drug-likeness (QED) is 0.802. The summed E-state index contributed by atoms with van der Waals surface area (Å²) in [5.41, 5.74) is 0.638. The molecular formula is C17H18FNO4S. The molecule has 0 atom stereocenters. The summed E-state index contributed by atoms with van der Waals surface area (Å²) >= 11 is 0. The van der Waals surface area contributed by atoms with Gasteiger partial charge in [-0.3, -0.25) is 4.79 Å². The first kappa shape index (κ1) is 17.9. The molecule has 128 valence electrons. The van der Waals surface area contributed by atoms with Crippen LogP contribution in [0.4, 0.5) is 4.39 Å². The third-order valence-corrected chi connectivity index (χ3v) is 5.38. The number of amides is 1. The number of carbonyl (C=O) groups excluding carboxylic acids is 1. The molecule has 2 aromatic carbocycles. The number of carbonyl (C=O) groups is 1. The third kappa shape index (κ3) is 4.11. The van der Waals surface area contributed by atoms with Crippen molar-refractivity contribution in [3.63, 3.8) is 0 Å². The molecule has 0 fully saturated rings. The van der Waals surface area contributed by atoms with Gasteiger partial charge in [-0.25, -0.2) is 17.1 Å². The van der Waals surface area contributed by atoms with Gasteiger partial charge >= 0.3 is 0 Å². The van der Waals surface area contributed by atoms with Crippen LogP contribution in [-0.4, -0.2) is 32.8 Å². The second kappa shape index (κ2) is 7.44. The number of nitrogens with zero attached hydrogens (tertiary/aromatic N) is 1. The van der Waals surface area contributed by atoms with Crippen LogP contribution in [0.25, 0.3) is 0 Å². The highest BCUT2D eigenvalue weighted by Crippen LogP contribution is 2.19. The molecule has 1 amide bonds. The van der Waals surface area contributed by atoms with Gasteiger partial charge in [0.25, 0.3) is 10.0 Å². The number of aryl methyl sites for hydroxylation is 1. The summed E-state index contributed by atoms with van der Waals surface area (Å²) in [5, 5.41) is 0. The van der Waals surface area contributed by atoms with Crippen LogP contribution in [-0.2, 0) is 21.2 Å². The third-order valence-electron chi connectivity index (χ3n) is 3.59. The molecular weight excluding hydrogens is 333 g/mol. The maximum Gasteiger partial charge on any atom is 0.266 e. The molecule has 0 aliphatic heterocycles. The minimum atomic E-state index is -3.92. The fourth-order valence-corrected chi connectivity index (χ4v) is 3.30. The standard InChI is InChI=1S/C17H18FNO4S/c1-19(17(20)11-6-13-4-3-5-14(18)12-13)24(21,22)16-9-7-15(23-2)8-10-16/h3-5,7-10,12H,6,11H2,1-2H3.